The number of nitrogens with zero attached hydrogens (tertiary/aromatic N) is 5. The average Bonchev–Trinajstić information content (AvgIpc) is 3.54. The highest BCUT2D eigenvalue weighted by molar-refractivity contribution is 5.93. The van der Waals surface area contributed by atoms with Crippen molar-refractivity contribution in [2.24, 2.45) is 0 Å². The lowest BCUT2D eigenvalue weighted by Gasteiger charge is -2.23. The number of ether oxygens (including phenoxy) is 1. The Morgan fingerprint density at radius 2 is 2.09 bits per heavy atom. The third-order valence-electron chi connectivity index (χ3n) is 5.21. The molecule has 0 amide bonds. The normalized spacial score (nSPS) is 11.0. The number of hydrogen-bond donors (Lipinski definition) is 2. The molecule has 0 saturated heterocycles. The number of aromatic nitrogens is 5. The first-order chi connectivity index (χ1) is 16.2. The van der Waals surface area contributed by atoms with Crippen LogP contribution in [0.15, 0.2) is 65.8 Å². The third kappa shape index (κ3) is 3.82. The average molecular weight is 445 g/mol. The molecule has 0 saturated carbocycles. The number of rotatable bonds is 7. The Labute approximate surface area is 188 Å². The second-order valence-corrected chi connectivity index (χ2v) is 7.12. The Bertz CT molecular complexity index is 1400. The maximum absolute atomic E-state index is 14.8. The van der Waals surface area contributed by atoms with Gasteiger partial charge in [-0.2, -0.15) is 10.1 Å². The molecule has 166 valence electrons. The number of nitrogens with one attached hydrogen (secondary N) is 2. The monoisotopic (exact) mass is 445 g/mol. The van der Waals surface area contributed by atoms with Gasteiger partial charge in [0.1, 0.15) is 5.75 Å². The quantitative estimate of drug-likeness (QED) is 0.358. The van der Waals surface area contributed by atoms with Crippen LogP contribution in [0.25, 0.3) is 22.2 Å². The molecule has 0 aliphatic heterocycles. The molecule has 0 aliphatic carbocycles. The number of oxazole rings is 1. The molecule has 2 aromatic carbocycles. The molecule has 2 N–H and O–H groups in total. The molecular formula is C23H20FN7O2. The van der Waals surface area contributed by atoms with E-state index in [1.54, 1.807) is 30.5 Å². The van der Waals surface area contributed by atoms with Crippen molar-refractivity contribution in [3.05, 3.63) is 67.2 Å². The molecule has 5 rings (SSSR count). The van der Waals surface area contributed by atoms with Crippen molar-refractivity contribution in [2.75, 3.05) is 23.9 Å². The number of H-pyrrole nitrogens is 1. The Morgan fingerprint density at radius 1 is 1.18 bits per heavy atom. The van der Waals surface area contributed by atoms with Crippen molar-refractivity contribution >= 4 is 34.0 Å². The van der Waals surface area contributed by atoms with Gasteiger partial charge in [0.15, 0.2) is 23.8 Å². The van der Waals surface area contributed by atoms with E-state index in [-0.39, 0.29) is 11.8 Å². The maximum atomic E-state index is 14.8. The van der Waals surface area contributed by atoms with Crippen molar-refractivity contribution in [1.29, 1.82) is 0 Å². The standard InChI is InChI=1S/C23H20FN7O2/c1-3-31(19-6-4-5-18-16(19)10-27-30-18)22-17(24)11-26-23(29-22)28-14-7-8-15(20(9-14)32-2)21-12-25-13-33-21/h4-13H,3H2,1-2H3,(H,27,30)(H,26,28,29). The van der Waals surface area contributed by atoms with Crippen molar-refractivity contribution in [1.82, 2.24) is 25.1 Å². The number of fused-ring (bicyclic) bond motifs is 1. The summed E-state index contributed by atoms with van der Waals surface area (Å²) < 4.78 is 25.7. The van der Waals surface area contributed by atoms with Gasteiger partial charge in [0, 0.05) is 23.7 Å². The van der Waals surface area contributed by atoms with Gasteiger partial charge in [0.05, 0.1) is 42.5 Å². The zero-order valence-corrected chi connectivity index (χ0v) is 17.9. The van der Waals surface area contributed by atoms with Gasteiger partial charge in [-0.25, -0.2) is 14.4 Å². The van der Waals surface area contributed by atoms with Crippen molar-refractivity contribution in [3.63, 3.8) is 0 Å². The highest BCUT2D eigenvalue weighted by Crippen LogP contribution is 2.34. The van der Waals surface area contributed by atoms with Gasteiger partial charge >= 0.3 is 0 Å². The highest BCUT2D eigenvalue weighted by atomic mass is 19.1. The first-order valence-corrected chi connectivity index (χ1v) is 10.2. The molecule has 9 nitrogen and oxygen atoms in total. The SMILES string of the molecule is CCN(c1nc(Nc2ccc(-c3cnco3)c(OC)c2)ncc1F)c1cccc2[nH]ncc12. The van der Waals surface area contributed by atoms with Crippen molar-refractivity contribution in [3.8, 4) is 17.1 Å². The number of methoxy groups -OCH3 is 1. The predicted octanol–water partition coefficient (Wildman–Crippen LogP) is 5.06. The molecule has 0 unspecified atom stereocenters. The lowest BCUT2D eigenvalue weighted by atomic mass is 10.1. The summed E-state index contributed by atoms with van der Waals surface area (Å²) in [5.74, 6) is 1.06. The number of anilines is 4. The van der Waals surface area contributed by atoms with E-state index in [1.807, 2.05) is 37.3 Å². The Kier molecular flexibility index (Phi) is 5.31. The van der Waals surface area contributed by atoms with Crippen molar-refractivity contribution < 1.29 is 13.5 Å². The largest absolute Gasteiger partial charge is 0.496 e. The lowest BCUT2D eigenvalue weighted by molar-refractivity contribution is 0.415. The van der Waals surface area contributed by atoms with Gasteiger partial charge < -0.3 is 19.4 Å². The maximum Gasteiger partial charge on any atom is 0.229 e. The van der Waals surface area contributed by atoms with Crippen LogP contribution in [0, 0.1) is 5.82 Å². The van der Waals surface area contributed by atoms with Crippen LogP contribution in [-0.4, -0.2) is 38.8 Å². The summed E-state index contributed by atoms with van der Waals surface area (Å²) in [5, 5.41) is 11.0. The summed E-state index contributed by atoms with van der Waals surface area (Å²) in [4.78, 5) is 14.3. The van der Waals surface area contributed by atoms with E-state index >= 15 is 0 Å². The number of halogens is 1. The first-order valence-electron chi connectivity index (χ1n) is 10.2. The van der Waals surface area contributed by atoms with Gasteiger partial charge in [-0.05, 0) is 31.2 Å². The zero-order valence-electron chi connectivity index (χ0n) is 17.9. The number of benzene rings is 2. The smallest absolute Gasteiger partial charge is 0.229 e. The summed E-state index contributed by atoms with van der Waals surface area (Å²) in [6.07, 6.45) is 5.84. The van der Waals surface area contributed by atoms with Gasteiger partial charge in [0.25, 0.3) is 0 Å². The minimum atomic E-state index is -0.527. The van der Waals surface area contributed by atoms with Gasteiger partial charge in [-0.15, -0.1) is 0 Å². The summed E-state index contributed by atoms with van der Waals surface area (Å²) in [6.45, 7) is 2.43. The van der Waals surface area contributed by atoms with Crippen LogP contribution in [0.4, 0.5) is 27.5 Å². The molecular weight excluding hydrogens is 425 g/mol. The molecule has 0 bridgehead atoms. The number of hydrogen-bond acceptors (Lipinski definition) is 8. The highest BCUT2D eigenvalue weighted by Gasteiger charge is 2.19. The summed E-state index contributed by atoms with van der Waals surface area (Å²) in [5.41, 5.74) is 3.09. The second-order valence-electron chi connectivity index (χ2n) is 7.12. The van der Waals surface area contributed by atoms with Crippen LogP contribution in [0.2, 0.25) is 0 Å². The predicted molar refractivity (Wildman–Crippen MR) is 123 cm³/mol. The lowest BCUT2D eigenvalue weighted by Crippen LogP contribution is -2.20. The summed E-state index contributed by atoms with van der Waals surface area (Å²) >= 11 is 0. The Balaban J connectivity index is 1.48. The van der Waals surface area contributed by atoms with Crippen LogP contribution in [-0.2, 0) is 0 Å². The Morgan fingerprint density at radius 3 is 2.88 bits per heavy atom. The zero-order chi connectivity index (χ0) is 22.8. The fourth-order valence-electron chi connectivity index (χ4n) is 3.68. The van der Waals surface area contributed by atoms with Gasteiger partial charge in [-0.3, -0.25) is 5.10 Å². The van der Waals surface area contributed by atoms with Crippen LogP contribution in [0.5, 0.6) is 5.75 Å². The Hall–Kier alpha value is -4.47. The van der Waals surface area contributed by atoms with E-state index < -0.39 is 5.82 Å². The summed E-state index contributed by atoms with van der Waals surface area (Å²) in [7, 11) is 1.57. The van der Waals surface area contributed by atoms with Crippen LogP contribution < -0.4 is 15.0 Å². The second kappa shape index (κ2) is 8.58. The molecule has 3 heterocycles. The topological polar surface area (TPSA) is 105 Å². The number of aromatic amines is 1. The molecule has 3 aromatic heterocycles. The molecule has 0 aliphatic rings. The van der Waals surface area contributed by atoms with E-state index in [9.17, 15) is 4.39 Å². The minimum absolute atomic E-state index is 0.161. The molecule has 0 spiro atoms. The van der Waals surface area contributed by atoms with Crippen LogP contribution in [0.1, 0.15) is 6.92 Å². The first kappa shape index (κ1) is 20.4. The van der Waals surface area contributed by atoms with Crippen LogP contribution >= 0.6 is 0 Å². The molecule has 33 heavy (non-hydrogen) atoms. The summed E-state index contributed by atoms with van der Waals surface area (Å²) in [6, 6.07) is 11.2. The fourth-order valence-corrected chi connectivity index (χ4v) is 3.68. The third-order valence-corrected chi connectivity index (χ3v) is 5.21. The van der Waals surface area contributed by atoms with E-state index in [0.29, 0.717) is 23.7 Å². The van der Waals surface area contributed by atoms with Crippen LogP contribution in [0.3, 0.4) is 0 Å². The van der Waals surface area contributed by atoms with Crippen molar-refractivity contribution in [2.45, 2.75) is 6.92 Å². The molecule has 0 radical (unpaired) electrons. The van der Waals surface area contributed by atoms with E-state index in [1.165, 1.54) is 6.39 Å². The fraction of sp³-hybridized carbons (Fsp3) is 0.130. The van der Waals surface area contributed by atoms with Gasteiger partial charge in [0.2, 0.25) is 5.95 Å². The van der Waals surface area contributed by atoms with Gasteiger partial charge in [-0.1, -0.05) is 6.07 Å². The molecule has 5 aromatic rings. The van der Waals surface area contributed by atoms with E-state index in [0.717, 1.165) is 28.4 Å². The molecule has 10 heteroatoms. The van der Waals surface area contributed by atoms with E-state index in [4.69, 9.17) is 9.15 Å². The van der Waals surface area contributed by atoms with E-state index in [2.05, 4.69) is 30.5 Å². The minimum Gasteiger partial charge on any atom is -0.496 e. The molecule has 0 fully saturated rings. The molecule has 0 atom stereocenters.